The number of aryl methyl sites for hydroxylation is 1. The maximum absolute atomic E-state index is 8.96. The zero-order valence-corrected chi connectivity index (χ0v) is 11.3. The zero-order valence-electron chi connectivity index (χ0n) is 10.6. The van der Waals surface area contributed by atoms with Crippen molar-refractivity contribution in [1.29, 1.82) is 0 Å². The Morgan fingerprint density at radius 1 is 1.56 bits per heavy atom. The fourth-order valence-corrected chi connectivity index (χ4v) is 2.36. The lowest BCUT2D eigenvalue weighted by Gasteiger charge is -2.32. The molecule has 1 saturated heterocycles. The van der Waals surface area contributed by atoms with Crippen LogP contribution in [0.4, 0.5) is 5.82 Å². The third-order valence-corrected chi connectivity index (χ3v) is 3.57. The van der Waals surface area contributed by atoms with Crippen LogP contribution in [0.5, 0.6) is 0 Å². The number of hydrogen-bond donors (Lipinski definition) is 2. The fraction of sp³-hybridized carbons (Fsp3) is 0.667. The molecule has 5 nitrogen and oxygen atoms in total. The van der Waals surface area contributed by atoms with Gasteiger partial charge in [0.25, 0.3) is 0 Å². The average molecular weight is 271 g/mol. The molecule has 2 N–H and O–H groups in total. The van der Waals surface area contributed by atoms with E-state index in [1.165, 1.54) is 0 Å². The molecule has 1 fully saturated rings. The number of hydrogen-bond acceptors (Lipinski definition) is 5. The second-order valence-electron chi connectivity index (χ2n) is 4.71. The average Bonchev–Trinajstić information content (AvgIpc) is 2.35. The lowest BCUT2D eigenvalue weighted by Crippen LogP contribution is -2.43. The summed E-state index contributed by atoms with van der Waals surface area (Å²) in [5.41, 5.74) is 0.928. The second-order valence-corrected chi connectivity index (χ2v) is 5.07. The largest absolute Gasteiger partial charge is 0.395 e. The van der Waals surface area contributed by atoms with Crippen LogP contribution in [0.3, 0.4) is 0 Å². The minimum Gasteiger partial charge on any atom is -0.395 e. The van der Waals surface area contributed by atoms with Gasteiger partial charge in [-0.3, -0.25) is 4.90 Å². The minimum absolute atomic E-state index is 0.215. The standard InChI is InChI=1S/C12H19ClN4O/c1-9-7-11(15-16-12(9)13)14-10-3-2-4-17(8-10)5-6-18/h7,10,18H,2-6,8H2,1H3,(H,14,15). The van der Waals surface area contributed by atoms with Crippen molar-refractivity contribution >= 4 is 17.4 Å². The van der Waals surface area contributed by atoms with Crippen LogP contribution in [0, 0.1) is 6.92 Å². The van der Waals surface area contributed by atoms with Gasteiger partial charge in [0.2, 0.25) is 0 Å². The molecule has 1 aromatic rings. The number of aliphatic hydroxyl groups excluding tert-OH is 1. The van der Waals surface area contributed by atoms with Gasteiger partial charge in [-0.25, -0.2) is 0 Å². The van der Waals surface area contributed by atoms with Gasteiger partial charge < -0.3 is 10.4 Å². The van der Waals surface area contributed by atoms with Crippen molar-refractivity contribution in [1.82, 2.24) is 15.1 Å². The smallest absolute Gasteiger partial charge is 0.154 e. The Kier molecular flexibility index (Phi) is 4.74. The minimum atomic E-state index is 0.215. The third kappa shape index (κ3) is 3.54. The van der Waals surface area contributed by atoms with Gasteiger partial charge in [0.1, 0.15) is 5.82 Å². The van der Waals surface area contributed by atoms with Crippen LogP contribution in [0.25, 0.3) is 0 Å². The quantitative estimate of drug-likeness (QED) is 0.864. The Hall–Kier alpha value is -0.910. The summed E-state index contributed by atoms with van der Waals surface area (Å²) < 4.78 is 0. The van der Waals surface area contributed by atoms with E-state index in [0.717, 1.165) is 43.9 Å². The molecule has 0 saturated carbocycles. The lowest BCUT2D eigenvalue weighted by molar-refractivity contribution is 0.166. The molecule has 1 atom stereocenters. The van der Waals surface area contributed by atoms with Crippen LogP contribution in [0.1, 0.15) is 18.4 Å². The van der Waals surface area contributed by atoms with E-state index in [2.05, 4.69) is 20.4 Å². The van der Waals surface area contributed by atoms with Gasteiger partial charge in [0.15, 0.2) is 5.15 Å². The predicted octanol–water partition coefficient (Wildman–Crippen LogP) is 1.31. The van der Waals surface area contributed by atoms with Gasteiger partial charge in [0.05, 0.1) is 6.61 Å². The Labute approximate surface area is 112 Å². The number of nitrogens with one attached hydrogen (secondary N) is 1. The predicted molar refractivity (Wildman–Crippen MR) is 71.9 cm³/mol. The van der Waals surface area contributed by atoms with Crippen molar-refractivity contribution in [3.63, 3.8) is 0 Å². The van der Waals surface area contributed by atoms with Crippen LogP contribution in [0.2, 0.25) is 5.15 Å². The van der Waals surface area contributed by atoms with Gasteiger partial charge in [-0.1, -0.05) is 11.6 Å². The summed E-state index contributed by atoms with van der Waals surface area (Å²) in [6.45, 7) is 4.87. The Bertz CT molecular complexity index is 400. The van der Waals surface area contributed by atoms with E-state index in [1.807, 2.05) is 13.0 Å². The SMILES string of the molecule is Cc1cc(NC2CCCN(CCO)C2)nnc1Cl. The first-order chi connectivity index (χ1) is 8.69. The summed E-state index contributed by atoms with van der Waals surface area (Å²) >= 11 is 5.85. The number of β-amino-alcohol motifs (C(OH)–C–C–N with tert-alkyl or cyclic N) is 1. The number of halogens is 1. The maximum atomic E-state index is 8.96. The van der Waals surface area contributed by atoms with Gasteiger partial charge in [0, 0.05) is 19.1 Å². The highest BCUT2D eigenvalue weighted by Crippen LogP contribution is 2.17. The molecule has 0 amide bonds. The highest BCUT2D eigenvalue weighted by atomic mass is 35.5. The number of rotatable bonds is 4. The highest BCUT2D eigenvalue weighted by Gasteiger charge is 2.19. The number of anilines is 1. The van der Waals surface area contributed by atoms with Gasteiger partial charge in [-0.15, -0.1) is 10.2 Å². The van der Waals surface area contributed by atoms with Gasteiger partial charge >= 0.3 is 0 Å². The molecule has 2 rings (SSSR count). The van der Waals surface area contributed by atoms with Crippen LogP contribution in [0.15, 0.2) is 6.07 Å². The summed E-state index contributed by atoms with van der Waals surface area (Å²) in [4.78, 5) is 2.26. The van der Waals surface area contributed by atoms with E-state index < -0.39 is 0 Å². The molecule has 0 bridgehead atoms. The molecule has 0 aromatic carbocycles. The summed E-state index contributed by atoms with van der Waals surface area (Å²) in [5, 5.41) is 20.7. The molecule has 6 heteroatoms. The summed E-state index contributed by atoms with van der Waals surface area (Å²) in [5.74, 6) is 0.771. The van der Waals surface area contributed by atoms with Crippen molar-refractivity contribution in [2.24, 2.45) is 0 Å². The Morgan fingerprint density at radius 2 is 2.39 bits per heavy atom. The summed E-state index contributed by atoms with van der Waals surface area (Å²) in [6, 6.07) is 2.28. The fourth-order valence-electron chi connectivity index (χ4n) is 2.27. The molecule has 1 aliphatic heterocycles. The summed E-state index contributed by atoms with van der Waals surface area (Å²) in [7, 11) is 0. The van der Waals surface area contributed by atoms with Crippen molar-refractivity contribution in [2.45, 2.75) is 25.8 Å². The van der Waals surface area contributed by atoms with E-state index in [1.54, 1.807) is 0 Å². The number of aromatic nitrogens is 2. The number of nitrogens with zero attached hydrogens (tertiary/aromatic N) is 3. The summed E-state index contributed by atoms with van der Waals surface area (Å²) in [6.07, 6.45) is 2.25. The molecule has 0 aliphatic carbocycles. The van der Waals surface area contributed by atoms with Crippen molar-refractivity contribution < 1.29 is 5.11 Å². The van der Waals surface area contributed by atoms with Crippen LogP contribution in [-0.2, 0) is 0 Å². The van der Waals surface area contributed by atoms with Crippen LogP contribution in [-0.4, -0.2) is 52.5 Å². The molecule has 1 aromatic heterocycles. The molecule has 1 aliphatic rings. The molecule has 100 valence electrons. The molecule has 18 heavy (non-hydrogen) atoms. The van der Waals surface area contributed by atoms with Crippen molar-refractivity contribution in [3.05, 3.63) is 16.8 Å². The number of piperidine rings is 1. The van der Waals surface area contributed by atoms with Crippen LogP contribution >= 0.6 is 11.6 Å². The van der Waals surface area contributed by atoms with Crippen molar-refractivity contribution in [2.75, 3.05) is 31.6 Å². The lowest BCUT2D eigenvalue weighted by atomic mass is 10.1. The third-order valence-electron chi connectivity index (χ3n) is 3.20. The maximum Gasteiger partial charge on any atom is 0.154 e. The molecule has 0 radical (unpaired) electrons. The Balaban J connectivity index is 1.93. The highest BCUT2D eigenvalue weighted by molar-refractivity contribution is 6.30. The zero-order chi connectivity index (χ0) is 13.0. The number of likely N-dealkylation sites (tertiary alicyclic amines) is 1. The van der Waals surface area contributed by atoms with E-state index >= 15 is 0 Å². The van der Waals surface area contributed by atoms with Crippen molar-refractivity contribution in [3.8, 4) is 0 Å². The normalized spacial score (nSPS) is 20.9. The van der Waals surface area contributed by atoms with E-state index in [9.17, 15) is 0 Å². The van der Waals surface area contributed by atoms with Crippen LogP contribution < -0.4 is 5.32 Å². The molecule has 0 spiro atoms. The van der Waals surface area contributed by atoms with Gasteiger partial charge in [-0.05, 0) is 37.9 Å². The first kappa shape index (κ1) is 13.5. The Morgan fingerprint density at radius 3 is 3.11 bits per heavy atom. The first-order valence-corrected chi connectivity index (χ1v) is 6.66. The van der Waals surface area contributed by atoms with E-state index in [0.29, 0.717) is 11.2 Å². The first-order valence-electron chi connectivity index (χ1n) is 6.28. The van der Waals surface area contributed by atoms with E-state index in [4.69, 9.17) is 16.7 Å². The molecule has 1 unspecified atom stereocenters. The van der Waals surface area contributed by atoms with E-state index in [-0.39, 0.29) is 6.61 Å². The number of aliphatic hydroxyl groups is 1. The monoisotopic (exact) mass is 270 g/mol. The molecular weight excluding hydrogens is 252 g/mol. The second kappa shape index (κ2) is 6.31. The molecular formula is C12H19ClN4O. The molecule has 2 heterocycles. The van der Waals surface area contributed by atoms with Gasteiger partial charge in [-0.2, -0.15) is 0 Å². The topological polar surface area (TPSA) is 61.3 Å².